The molecule has 140 valence electrons. The molecule has 0 atom stereocenters. The molecule has 25 heavy (non-hydrogen) atoms. The molecule has 0 aromatic carbocycles. The first-order valence-electron chi connectivity index (χ1n) is 8.31. The number of nitrogens with zero attached hydrogens (tertiary/aromatic N) is 1. The second kappa shape index (κ2) is 8.77. The van der Waals surface area contributed by atoms with E-state index in [0.717, 1.165) is 0 Å². The summed E-state index contributed by atoms with van der Waals surface area (Å²) in [5.74, 6) is -0.700. The zero-order valence-corrected chi connectivity index (χ0v) is 16.1. The summed E-state index contributed by atoms with van der Waals surface area (Å²) >= 11 is 1.20. The summed E-state index contributed by atoms with van der Waals surface area (Å²) in [6.45, 7) is 4.43. The summed E-state index contributed by atoms with van der Waals surface area (Å²) in [6.07, 6.45) is 0.924. The highest BCUT2D eigenvalue weighted by molar-refractivity contribution is 7.91. The van der Waals surface area contributed by atoms with Crippen LogP contribution in [0.1, 0.15) is 33.1 Å². The van der Waals surface area contributed by atoms with Crippen molar-refractivity contribution in [2.75, 3.05) is 19.6 Å². The van der Waals surface area contributed by atoms with Crippen molar-refractivity contribution in [3.63, 3.8) is 0 Å². The first kappa shape index (κ1) is 19.9. The number of hydrogen-bond donors (Lipinski definition) is 1. The first-order valence-corrected chi connectivity index (χ1v) is 10.6. The van der Waals surface area contributed by atoms with E-state index in [9.17, 15) is 18.0 Å². The summed E-state index contributed by atoms with van der Waals surface area (Å²) in [6, 6.07) is 3.30. The van der Waals surface area contributed by atoms with Crippen LogP contribution in [-0.4, -0.2) is 50.3 Å². The number of carbonyl (C=O) groups excluding carboxylic acids is 2. The quantitative estimate of drug-likeness (QED) is 0.717. The largest absolute Gasteiger partial charge is 0.463 e. The van der Waals surface area contributed by atoms with Crippen LogP contribution in [0.4, 0.5) is 0 Å². The molecule has 1 aromatic rings. The van der Waals surface area contributed by atoms with Crippen LogP contribution < -0.4 is 5.32 Å². The van der Waals surface area contributed by atoms with Gasteiger partial charge in [0.25, 0.3) is 10.0 Å². The molecule has 1 fully saturated rings. The van der Waals surface area contributed by atoms with Gasteiger partial charge in [-0.1, -0.05) is 6.07 Å². The van der Waals surface area contributed by atoms with Gasteiger partial charge in [0, 0.05) is 25.6 Å². The van der Waals surface area contributed by atoms with Gasteiger partial charge in [-0.2, -0.15) is 4.31 Å². The monoisotopic (exact) mass is 388 g/mol. The van der Waals surface area contributed by atoms with Gasteiger partial charge in [0.05, 0.1) is 12.5 Å². The fraction of sp³-hybridized carbons (Fsp3) is 0.625. The van der Waals surface area contributed by atoms with Gasteiger partial charge in [-0.05, 0) is 38.1 Å². The third kappa shape index (κ3) is 5.52. The molecule has 1 aliphatic rings. The van der Waals surface area contributed by atoms with Gasteiger partial charge >= 0.3 is 5.97 Å². The minimum Gasteiger partial charge on any atom is -0.463 e. The number of esters is 1. The van der Waals surface area contributed by atoms with Crippen molar-refractivity contribution in [2.24, 2.45) is 5.92 Å². The Hall–Kier alpha value is -1.45. The van der Waals surface area contributed by atoms with Crippen LogP contribution in [-0.2, 0) is 24.3 Å². The van der Waals surface area contributed by atoms with Crippen molar-refractivity contribution in [3.05, 3.63) is 17.5 Å². The van der Waals surface area contributed by atoms with E-state index >= 15 is 0 Å². The number of piperidine rings is 1. The van der Waals surface area contributed by atoms with E-state index < -0.39 is 10.0 Å². The summed E-state index contributed by atoms with van der Waals surface area (Å²) in [7, 11) is -3.45. The number of ether oxygens (including phenoxy) is 1. The van der Waals surface area contributed by atoms with Gasteiger partial charge in [0.2, 0.25) is 5.91 Å². The molecule has 0 saturated carbocycles. The minimum absolute atomic E-state index is 0.134. The van der Waals surface area contributed by atoms with Gasteiger partial charge in [-0.3, -0.25) is 9.59 Å². The zero-order chi connectivity index (χ0) is 18.4. The van der Waals surface area contributed by atoms with Crippen LogP contribution in [0.25, 0.3) is 0 Å². The molecule has 0 radical (unpaired) electrons. The molecule has 0 aliphatic carbocycles. The van der Waals surface area contributed by atoms with Crippen LogP contribution in [0.2, 0.25) is 0 Å². The lowest BCUT2D eigenvalue weighted by molar-refractivity contribution is -0.147. The molecule has 7 nitrogen and oxygen atoms in total. The van der Waals surface area contributed by atoms with Crippen molar-refractivity contribution in [2.45, 2.75) is 43.4 Å². The summed E-state index contributed by atoms with van der Waals surface area (Å²) in [4.78, 5) is 23.6. The van der Waals surface area contributed by atoms with E-state index in [4.69, 9.17) is 4.74 Å². The number of rotatable bonds is 7. The molecule has 1 aromatic heterocycles. The lowest BCUT2D eigenvalue weighted by Crippen LogP contribution is -2.43. The van der Waals surface area contributed by atoms with Crippen molar-refractivity contribution in [1.82, 2.24) is 9.62 Å². The third-order valence-corrected chi connectivity index (χ3v) is 7.18. The Bertz CT molecular complexity index is 677. The van der Waals surface area contributed by atoms with Gasteiger partial charge in [-0.25, -0.2) is 8.42 Å². The summed E-state index contributed by atoms with van der Waals surface area (Å²) < 4.78 is 31.7. The number of sulfonamides is 1. The van der Waals surface area contributed by atoms with E-state index in [-0.39, 0.29) is 36.9 Å². The summed E-state index contributed by atoms with van der Waals surface area (Å²) in [5.41, 5.74) is 0. The molecule has 9 heteroatoms. The van der Waals surface area contributed by atoms with E-state index in [1.165, 1.54) is 15.6 Å². The Kier molecular flexibility index (Phi) is 6.97. The molecule has 1 amide bonds. The maximum Gasteiger partial charge on any atom is 0.307 e. The predicted molar refractivity (Wildman–Crippen MR) is 94.7 cm³/mol. The van der Waals surface area contributed by atoms with Crippen LogP contribution in [0.5, 0.6) is 0 Å². The smallest absolute Gasteiger partial charge is 0.307 e. The standard InChI is InChI=1S/C16H24N2O5S2/c1-12(2)23-14(19)5-8-17-16(20)13-6-9-18(10-7-13)25(21,22)15-4-3-11-24-15/h3-4,11-13H,5-10H2,1-2H3,(H,17,20). The predicted octanol–water partition coefficient (Wildman–Crippen LogP) is 1.61. The van der Waals surface area contributed by atoms with Crippen molar-refractivity contribution < 1.29 is 22.7 Å². The fourth-order valence-electron chi connectivity index (χ4n) is 2.65. The molecule has 0 spiro atoms. The van der Waals surface area contributed by atoms with Gasteiger partial charge < -0.3 is 10.1 Å². The highest BCUT2D eigenvalue weighted by atomic mass is 32.2. The molecular weight excluding hydrogens is 364 g/mol. The lowest BCUT2D eigenvalue weighted by Gasteiger charge is -2.30. The number of amides is 1. The number of carbonyl (C=O) groups is 2. The van der Waals surface area contributed by atoms with Crippen LogP contribution in [0.15, 0.2) is 21.7 Å². The molecular formula is C16H24N2O5S2. The Labute approximate surface area is 152 Å². The van der Waals surface area contributed by atoms with Crippen LogP contribution in [0, 0.1) is 5.92 Å². The number of hydrogen-bond acceptors (Lipinski definition) is 6. The average Bonchev–Trinajstić information content (AvgIpc) is 3.09. The van der Waals surface area contributed by atoms with Gasteiger partial charge in [0.15, 0.2) is 0 Å². The summed E-state index contributed by atoms with van der Waals surface area (Å²) in [5, 5.41) is 4.47. The third-order valence-electron chi connectivity index (χ3n) is 3.91. The van der Waals surface area contributed by atoms with E-state index in [1.54, 1.807) is 31.4 Å². The van der Waals surface area contributed by atoms with Crippen molar-refractivity contribution >= 4 is 33.2 Å². The molecule has 0 unspecified atom stereocenters. The van der Waals surface area contributed by atoms with Crippen LogP contribution >= 0.6 is 11.3 Å². The highest BCUT2D eigenvalue weighted by Crippen LogP contribution is 2.26. The van der Waals surface area contributed by atoms with Crippen molar-refractivity contribution in [3.8, 4) is 0 Å². The molecule has 1 saturated heterocycles. The second-order valence-electron chi connectivity index (χ2n) is 6.19. The van der Waals surface area contributed by atoms with Gasteiger partial charge in [0.1, 0.15) is 4.21 Å². The van der Waals surface area contributed by atoms with E-state index in [2.05, 4.69) is 5.32 Å². The van der Waals surface area contributed by atoms with Crippen molar-refractivity contribution in [1.29, 1.82) is 0 Å². The molecule has 2 rings (SSSR count). The van der Waals surface area contributed by atoms with Crippen LogP contribution in [0.3, 0.4) is 0 Å². The average molecular weight is 389 g/mol. The highest BCUT2D eigenvalue weighted by Gasteiger charge is 2.32. The van der Waals surface area contributed by atoms with E-state index in [1.807, 2.05) is 0 Å². The molecule has 0 bridgehead atoms. The second-order valence-corrected chi connectivity index (χ2v) is 9.30. The topological polar surface area (TPSA) is 92.8 Å². The lowest BCUT2D eigenvalue weighted by atomic mass is 9.97. The van der Waals surface area contributed by atoms with E-state index in [0.29, 0.717) is 30.1 Å². The Morgan fingerprint density at radius 1 is 1.36 bits per heavy atom. The SMILES string of the molecule is CC(C)OC(=O)CCNC(=O)C1CCN(S(=O)(=O)c2cccs2)CC1. The molecule has 1 N–H and O–H groups in total. The Balaban J connectivity index is 1.76. The van der Waals surface area contributed by atoms with Gasteiger partial charge in [-0.15, -0.1) is 11.3 Å². The zero-order valence-electron chi connectivity index (χ0n) is 14.4. The number of thiophene rings is 1. The Morgan fingerprint density at radius 3 is 2.60 bits per heavy atom. The minimum atomic E-state index is -3.45. The maximum atomic E-state index is 12.4. The molecule has 2 heterocycles. The maximum absolute atomic E-state index is 12.4. The molecule has 1 aliphatic heterocycles. The fourth-order valence-corrected chi connectivity index (χ4v) is 5.26. The Morgan fingerprint density at radius 2 is 2.04 bits per heavy atom. The normalized spacial score (nSPS) is 16.8. The first-order chi connectivity index (χ1) is 11.8. The number of nitrogens with one attached hydrogen (secondary N) is 1.